The van der Waals surface area contributed by atoms with E-state index < -0.39 is 0 Å². The minimum atomic E-state index is 0.575. The van der Waals surface area contributed by atoms with Gasteiger partial charge in [0.25, 0.3) is 0 Å². The minimum Gasteiger partial charge on any atom is -0.325 e. The van der Waals surface area contributed by atoms with Crippen molar-refractivity contribution in [3.8, 4) is 0 Å². The van der Waals surface area contributed by atoms with Crippen molar-refractivity contribution in [2.45, 2.75) is 18.2 Å². The van der Waals surface area contributed by atoms with Crippen molar-refractivity contribution in [3.05, 3.63) is 40.8 Å². The predicted octanol–water partition coefficient (Wildman–Crippen LogP) is 3.85. The maximum atomic E-state index is 6.13. The maximum absolute atomic E-state index is 6.13. The van der Waals surface area contributed by atoms with E-state index in [-0.39, 0.29) is 0 Å². The van der Waals surface area contributed by atoms with Gasteiger partial charge in [-0.25, -0.2) is 9.97 Å². The molecular formula is C14H14ClN3S. The molecule has 19 heavy (non-hydrogen) atoms. The van der Waals surface area contributed by atoms with Crippen molar-refractivity contribution in [2.75, 3.05) is 17.7 Å². The second-order valence-electron chi connectivity index (χ2n) is 4.52. The summed E-state index contributed by atoms with van der Waals surface area (Å²) in [5.74, 6) is 0.944. The van der Waals surface area contributed by atoms with Gasteiger partial charge in [0, 0.05) is 22.7 Å². The molecule has 1 aliphatic heterocycles. The second-order valence-corrected chi connectivity index (χ2v) is 5.76. The molecule has 0 bridgehead atoms. The fourth-order valence-electron chi connectivity index (χ4n) is 2.45. The first-order valence-corrected chi connectivity index (χ1v) is 7.72. The van der Waals surface area contributed by atoms with Crippen molar-refractivity contribution in [1.82, 2.24) is 9.97 Å². The van der Waals surface area contributed by atoms with Gasteiger partial charge in [-0.1, -0.05) is 11.6 Å². The van der Waals surface area contributed by atoms with Crippen LogP contribution >= 0.6 is 23.4 Å². The van der Waals surface area contributed by atoms with Crippen LogP contribution in [-0.2, 0) is 6.42 Å². The molecule has 2 aromatic rings. The lowest BCUT2D eigenvalue weighted by Crippen LogP contribution is -2.15. The van der Waals surface area contributed by atoms with Crippen molar-refractivity contribution in [1.29, 1.82) is 0 Å². The molecule has 0 atom stereocenters. The van der Waals surface area contributed by atoms with E-state index >= 15 is 0 Å². The fraction of sp³-hybridized carbons (Fsp3) is 0.286. The first-order chi connectivity index (χ1) is 9.20. The first-order valence-electron chi connectivity index (χ1n) is 6.12. The lowest BCUT2D eigenvalue weighted by atomic mass is 10.2. The van der Waals surface area contributed by atoms with Crippen molar-refractivity contribution < 1.29 is 0 Å². The van der Waals surface area contributed by atoms with Gasteiger partial charge in [0.1, 0.15) is 17.3 Å². The summed E-state index contributed by atoms with van der Waals surface area (Å²) in [6.07, 6.45) is 4.52. The Bertz CT molecular complexity index is 630. The standard InChI is InChI=1S/C14H14ClN3S/c1-9-7-10(19-2)3-4-12(9)18-6-5-11-13(15)16-8-17-14(11)18/h3-4,7-8H,5-6H2,1-2H3. The van der Waals surface area contributed by atoms with Gasteiger partial charge in [0.15, 0.2) is 0 Å². The summed E-state index contributed by atoms with van der Waals surface area (Å²) in [5, 5.41) is 0.575. The molecule has 0 saturated carbocycles. The molecule has 3 nitrogen and oxygen atoms in total. The van der Waals surface area contributed by atoms with E-state index in [1.807, 2.05) is 0 Å². The van der Waals surface area contributed by atoms with Crippen LogP contribution in [0, 0.1) is 6.92 Å². The molecule has 2 heterocycles. The largest absolute Gasteiger partial charge is 0.325 e. The van der Waals surface area contributed by atoms with Crippen molar-refractivity contribution >= 4 is 34.9 Å². The van der Waals surface area contributed by atoms with Crippen LogP contribution in [0.5, 0.6) is 0 Å². The number of hydrogen-bond acceptors (Lipinski definition) is 4. The molecule has 0 unspecified atom stereocenters. The summed E-state index contributed by atoms with van der Waals surface area (Å²) in [4.78, 5) is 11.9. The number of hydrogen-bond donors (Lipinski definition) is 0. The third-order valence-electron chi connectivity index (χ3n) is 3.41. The lowest BCUT2D eigenvalue weighted by Gasteiger charge is -2.21. The number of aromatic nitrogens is 2. The SMILES string of the molecule is CSc1ccc(N2CCc3c(Cl)ncnc32)c(C)c1. The monoisotopic (exact) mass is 291 g/mol. The number of anilines is 2. The van der Waals surface area contributed by atoms with Crippen LogP contribution < -0.4 is 4.90 Å². The number of aryl methyl sites for hydroxylation is 1. The van der Waals surface area contributed by atoms with Gasteiger partial charge in [0.2, 0.25) is 0 Å². The average Bonchev–Trinajstić information content (AvgIpc) is 2.84. The topological polar surface area (TPSA) is 29.0 Å². The Morgan fingerprint density at radius 2 is 2.16 bits per heavy atom. The number of fused-ring (bicyclic) bond motifs is 1. The predicted molar refractivity (Wildman–Crippen MR) is 80.7 cm³/mol. The quantitative estimate of drug-likeness (QED) is 0.621. The van der Waals surface area contributed by atoms with E-state index in [9.17, 15) is 0 Å². The first kappa shape index (κ1) is 12.8. The Labute approximate surface area is 122 Å². The smallest absolute Gasteiger partial charge is 0.141 e. The summed E-state index contributed by atoms with van der Waals surface area (Å²) in [6.45, 7) is 3.04. The van der Waals surface area contributed by atoms with E-state index in [4.69, 9.17) is 11.6 Å². The Kier molecular flexibility index (Phi) is 3.37. The van der Waals surface area contributed by atoms with E-state index in [0.717, 1.165) is 24.3 Å². The van der Waals surface area contributed by atoms with Crippen LogP contribution in [0.1, 0.15) is 11.1 Å². The van der Waals surface area contributed by atoms with Gasteiger partial charge in [-0.15, -0.1) is 11.8 Å². The summed E-state index contributed by atoms with van der Waals surface area (Å²) >= 11 is 7.89. The summed E-state index contributed by atoms with van der Waals surface area (Å²) < 4.78 is 0. The van der Waals surface area contributed by atoms with Crippen molar-refractivity contribution in [3.63, 3.8) is 0 Å². The van der Waals surface area contributed by atoms with Crippen LogP contribution in [0.15, 0.2) is 29.4 Å². The van der Waals surface area contributed by atoms with Crippen molar-refractivity contribution in [2.24, 2.45) is 0 Å². The normalized spacial score (nSPS) is 13.7. The molecule has 0 radical (unpaired) electrons. The molecule has 0 aliphatic carbocycles. The summed E-state index contributed by atoms with van der Waals surface area (Å²) in [7, 11) is 0. The number of thioether (sulfide) groups is 1. The molecule has 98 valence electrons. The zero-order valence-electron chi connectivity index (χ0n) is 10.9. The van der Waals surface area contributed by atoms with Crippen LogP contribution in [0.3, 0.4) is 0 Å². The van der Waals surface area contributed by atoms with Crippen LogP contribution in [0.4, 0.5) is 11.5 Å². The molecule has 0 spiro atoms. The molecule has 0 saturated heterocycles. The zero-order chi connectivity index (χ0) is 13.4. The zero-order valence-corrected chi connectivity index (χ0v) is 12.4. The average molecular weight is 292 g/mol. The second kappa shape index (κ2) is 5.02. The molecular weight excluding hydrogens is 278 g/mol. The van der Waals surface area contributed by atoms with Gasteiger partial charge in [-0.3, -0.25) is 0 Å². The number of benzene rings is 1. The van der Waals surface area contributed by atoms with Gasteiger partial charge < -0.3 is 4.90 Å². The molecule has 1 aliphatic rings. The van der Waals surface area contributed by atoms with E-state index in [1.54, 1.807) is 11.8 Å². The molecule has 1 aromatic carbocycles. The highest BCUT2D eigenvalue weighted by Gasteiger charge is 2.25. The Balaban J connectivity index is 2.04. The number of nitrogens with zero attached hydrogens (tertiary/aromatic N) is 3. The molecule has 5 heteroatoms. The molecule has 1 aromatic heterocycles. The van der Waals surface area contributed by atoms with Crippen LogP contribution in [0.25, 0.3) is 0 Å². The highest BCUT2D eigenvalue weighted by molar-refractivity contribution is 7.98. The van der Waals surface area contributed by atoms with Gasteiger partial charge >= 0.3 is 0 Å². The van der Waals surface area contributed by atoms with Crippen LogP contribution in [-0.4, -0.2) is 22.8 Å². The summed E-state index contributed by atoms with van der Waals surface area (Å²) in [5.41, 5.74) is 3.51. The highest BCUT2D eigenvalue weighted by atomic mass is 35.5. The van der Waals surface area contributed by atoms with Gasteiger partial charge in [0.05, 0.1) is 0 Å². The minimum absolute atomic E-state index is 0.575. The Morgan fingerprint density at radius 1 is 1.32 bits per heavy atom. The summed E-state index contributed by atoms with van der Waals surface area (Å²) in [6, 6.07) is 6.51. The molecule has 0 amide bonds. The van der Waals surface area contributed by atoms with Gasteiger partial charge in [-0.05, 0) is 43.4 Å². The third-order valence-corrected chi connectivity index (χ3v) is 4.46. The maximum Gasteiger partial charge on any atom is 0.141 e. The van der Waals surface area contributed by atoms with E-state index in [1.165, 1.54) is 22.5 Å². The van der Waals surface area contributed by atoms with Crippen LogP contribution in [0.2, 0.25) is 5.15 Å². The number of halogens is 1. The Morgan fingerprint density at radius 3 is 2.89 bits per heavy atom. The molecule has 3 rings (SSSR count). The molecule has 0 fully saturated rings. The molecule has 0 N–H and O–H groups in total. The lowest BCUT2D eigenvalue weighted by molar-refractivity contribution is 0.983. The fourth-order valence-corrected chi connectivity index (χ4v) is 3.17. The van der Waals surface area contributed by atoms with E-state index in [0.29, 0.717) is 5.15 Å². The Hall–Kier alpha value is -1.26. The number of rotatable bonds is 2. The van der Waals surface area contributed by atoms with E-state index in [2.05, 4.69) is 46.2 Å². The van der Waals surface area contributed by atoms with Gasteiger partial charge in [-0.2, -0.15) is 0 Å². The third kappa shape index (κ3) is 2.19. The highest BCUT2D eigenvalue weighted by Crippen LogP contribution is 2.37.